The standard InChI is InChI=1S/C25H31ClFN5O/c1-16-12-21(27)23-22(16)24(30-15-29-23)31-8-10-32(11-9-31)25(33)20(14-28-13-17-2-3-17)18-4-6-19(26)7-5-18/h4-7,15-17,20-21,28H,2-3,8-14H2,1H3/t16-,20?,21-/m1/s1. The minimum atomic E-state index is -1.01. The van der Waals surface area contributed by atoms with Crippen LogP contribution in [0.2, 0.25) is 5.02 Å². The van der Waals surface area contributed by atoms with Gasteiger partial charge in [-0.25, -0.2) is 14.4 Å². The zero-order valence-corrected chi connectivity index (χ0v) is 19.8. The molecule has 1 saturated carbocycles. The SMILES string of the molecule is C[C@@H]1C[C@@H](F)c2ncnc(N3CCN(C(=O)C(CNCC4CC4)c4ccc(Cl)cc4)CC3)c21. The number of carbonyl (C=O) groups is 1. The van der Waals surface area contributed by atoms with Crippen LogP contribution in [0.3, 0.4) is 0 Å². The molecule has 0 bridgehead atoms. The van der Waals surface area contributed by atoms with Crippen molar-refractivity contribution < 1.29 is 9.18 Å². The van der Waals surface area contributed by atoms with Gasteiger partial charge in [0, 0.05) is 43.3 Å². The fourth-order valence-corrected chi connectivity index (χ4v) is 5.20. The smallest absolute Gasteiger partial charge is 0.231 e. The molecule has 2 aromatic rings. The highest BCUT2D eigenvalue weighted by atomic mass is 35.5. The van der Waals surface area contributed by atoms with Gasteiger partial charge < -0.3 is 15.1 Å². The first-order valence-corrected chi connectivity index (χ1v) is 12.4. The lowest BCUT2D eigenvalue weighted by Crippen LogP contribution is -2.51. The number of hydrogen-bond donors (Lipinski definition) is 1. The zero-order valence-electron chi connectivity index (χ0n) is 19.0. The Labute approximate surface area is 199 Å². The summed E-state index contributed by atoms with van der Waals surface area (Å²) in [5.74, 6) is 1.61. The number of anilines is 1. The minimum Gasteiger partial charge on any atom is -0.353 e. The quantitative estimate of drug-likeness (QED) is 0.659. The molecule has 33 heavy (non-hydrogen) atoms. The molecule has 5 rings (SSSR count). The second-order valence-corrected chi connectivity index (χ2v) is 10.1. The minimum absolute atomic E-state index is 0.109. The maximum atomic E-state index is 14.3. The largest absolute Gasteiger partial charge is 0.353 e. The Kier molecular flexibility index (Phi) is 6.52. The summed E-state index contributed by atoms with van der Waals surface area (Å²) >= 11 is 6.08. The topological polar surface area (TPSA) is 61.4 Å². The average molecular weight is 472 g/mol. The van der Waals surface area contributed by atoms with Gasteiger partial charge in [0.25, 0.3) is 0 Å². The van der Waals surface area contributed by atoms with E-state index in [1.165, 1.54) is 19.2 Å². The molecule has 1 saturated heterocycles. The first-order valence-electron chi connectivity index (χ1n) is 12.0. The fourth-order valence-electron chi connectivity index (χ4n) is 5.07. The summed E-state index contributed by atoms with van der Waals surface area (Å²) in [5, 5.41) is 4.18. The Morgan fingerprint density at radius 1 is 1.18 bits per heavy atom. The Morgan fingerprint density at radius 2 is 1.91 bits per heavy atom. The lowest BCUT2D eigenvalue weighted by molar-refractivity contribution is -0.133. The van der Waals surface area contributed by atoms with Gasteiger partial charge in [-0.1, -0.05) is 30.7 Å². The number of benzene rings is 1. The van der Waals surface area contributed by atoms with Gasteiger partial charge in [-0.05, 0) is 55.3 Å². The number of alkyl halides is 1. The highest BCUT2D eigenvalue weighted by Crippen LogP contribution is 2.44. The Morgan fingerprint density at radius 3 is 2.61 bits per heavy atom. The summed E-state index contributed by atoms with van der Waals surface area (Å²) in [5.41, 5.74) is 2.47. The van der Waals surface area contributed by atoms with Crippen LogP contribution in [0.1, 0.15) is 61.0 Å². The third kappa shape index (κ3) is 4.85. The van der Waals surface area contributed by atoms with Crippen molar-refractivity contribution in [3.63, 3.8) is 0 Å². The third-order valence-corrected chi connectivity index (χ3v) is 7.44. The van der Waals surface area contributed by atoms with Crippen LogP contribution >= 0.6 is 11.6 Å². The Bertz CT molecular complexity index is 991. The average Bonchev–Trinajstić information content (AvgIpc) is 3.61. The van der Waals surface area contributed by atoms with Crippen molar-refractivity contribution in [3.05, 3.63) is 52.4 Å². The number of aromatic nitrogens is 2. The van der Waals surface area contributed by atoms with E-state index in [9.17, 15) is 9.18 Å². The van der Waals surface area contributed by atoms with Crippen molar-refractivity contribution in [1.29, 1.82) is 0 Å². The molecule has 1 aliphatic heterocycles. The van der Waals surface area contributed by atoms with Crippen LogP contribution in [0.15, 0.2) is 30.6 Å². The van der Waals surface area contributed by atoms with Crippen LogP contribution in [0.25, 0.3) is 0 Å². The summed E-state index contributed by atoms with van der Waals surface area (Å²) in [7, 11) is 0. The normalized spacial score (nSPS) is 23.5. The number of halogens is 2. The Hall–Kier alpha value is -2.25. The van der Waals surface area contributed by atoms with Crippen molar-refractivity contribution in [2.45, 2.75) is 44.2 Å². The molecule has 0 spiro atoms. The molecule has 176 valence electrons. The van der Waals surface area contributed by atoms with Gasteiger partial charge in [0.05, 0.1) is 11.6 Å². The second-order valence-electron chi connectivity index (χ2n) is 9.62. The van der Waals surface area contributed by atoms with Gasteiger partial charge >= 0.3 is 0 Å². The maximum absolute atomic E-state index is 14.3. The van der Waals surface area contributed by atoms with E-state index in [1.54, 1.807) is 0 Å². The van der Waals surface area contributed by atoms with Crippen molar-refractivity contribution >= 4 is 23.3 Å². The molecule has 1 unspecified atom stereocenters. The first-order chi connectivity index (χ1) is 16.0. The second kappa shape index (κ2) is 9.55. The first kappa shape index (κ1) is 22.5. The van der Waals surface area contributed by atoms with Gasteiger partial charge in [-0.3, -0.25) is 4.79 Å². The predicted octanol–water partition coefficient (Wildman–Crippen LogP) is 4.08. The molecule has 2 heterocycles. The molecule has 3 aliphatic rings. The summed E-state index contributed by atoms with van der Waals surface area (Å²) in [6.45, 7) is 6.25. The molecular formula is C25H31ClFN5O. The summed E-state index contributed by atoms with van der Waals surface area (Å²) in [4.78, 5) is 26.4. The van der Waals surface area contributed by atoms with Gasteiger partial charge in [-0.2, -0.15) is 0 Å². The molecule has 1 aromatic carbocycles. The molecule has 3 atom stereocenters. The van der Waals surface area contributed by atoms with Crippen molar-refractivity contribution in [2.24, 2.45) is 5.92 Å². The Balaban J connectivity index is 1.27. The van der Waals surface area contributed by atoms with Gasteiger partial charge in [0.1, 0.15) is 18.3 Å². The molecule has 8 heteroatoms. The summed E-state index contributed by atoms with van der Waals surface area (Å²) in [6.07, 6.45) is 3.49. The predicted molar refractivity (Wildman–Crippen MR) is 127 cm³/mol. The van der Waals surface area contributed by atoms with Gasteiger partial charge in [-0.15, -0.1) is 0 Å². The number of piperazine rings is 1. The molecule has 1 amide bonds. The monoisotopic (exact) mass is 471 g/mol. The van der Waals surface area contributed by atoms with Crippen LogP contribution in [0.5, 0.6) is 0 Å². The van der Waals surface area contributed by atoms with Gasteiger partial charge in [0.2, 0.25) is 5.91 Å². The number of carbonyl (C=O) groups excluding carboxylic acids is 1. The maximum Gasteiger partial charge on any atom is 0.231 e. The van der Waals surface area contributed by atoms with E-state index >= 15 is 0 Å². The molecular weight excluding hydrogens is 441 g/mol. The van der Waals surface area contributed by atoms with Crippen molar-refractivity contribution in [1.82, 2.24) is 20.2 Å². The van der Waals surface area contributed by atoms with E-state index in [0.29, 0.717) is 49.9 Å². The van der Waals surface area contributed by atoms with Crippen molar-refractivity contribution in [2.75, 3.05) is 44.2 Å². The molecule has 0 radical (unpaired) electrons. The number of amides is 1. The van der Waals surface area contributed by atoms with E-state index in [-0.39, 0.29) is 17.7 Å². The van der Waals surface area contributed by atoms with Gasteiger partial charge in [0.15, 0.2) is 0 Å². The number of hydrogen-bond acceptors (Lipinski definition) is 5. The number of nitrogens with zero attached hydrogens (tertiary/aromatic N) is 4. The van der Waals surface area contributed by atoms with E-state index in [1.807, 2.05) is 36.1 Å². The lowest BCUT2D eigenvalue weighted by atomic mass is 9.97. The molecule has 1 aromatic heterocycles. The fraction of sp³-hybridized carbons (Fsp3) is 0.560. The number of fused-ring (bicyclic) bond motifs is 1. The van der Waals surface area contributed by atoms with Crippen LogP contribution in [-0.2, 0) is 4.79 Å². The highest BCUT2D eigenvalue weighted by molar-refractivity contribution is 6.30. The van der Waals surface area contributed by atoms with E-state index in [0.717, 1.165) is 29.4 Å². The molecule has 1 N–H and O–H groups in total. The number of rotatable bonds is 7. The van der Waals surface area contributed by atoms with Crippen LogP contribution in [-0.4, -0.2) is 60.0 Å². The molecule has 2 aliphatic carbocycles. The van der Waals surface area contributed by atoms with Crippen molar-refractivity contribution in [3.8, 4) is 0 Å². The van der Waals surface area contributed by atoms with Crippen LogP contribution in [0, 0.1) is 5.92 Å². The van der Waals surface area contributed by atoms with E-state index in [2.05, 4.69) is 20.2 Å². The zero-order chi connectivity index (χ0) is 22.9. The highest BCUT2D eigenvalue weighted by Gasteiger charge is 2.36. The summed E-state index contributed by atoms with van der Waals surface area (Å²) < 4.78 is 14.3. The number of nitrogens with one attached hydrogen (secondary N) is 1. The summed E-state index contributed by atoms with van der Waals surface area (Å²) in [6, 6.07) is 7.62. The van der Waals surface area contributed by atoms with Crippen LogP contribution < -0.4 is 10.2 Å². The van der Waals surface area contributed by atoms with Crippen LogP contribution in [0.4, 0.5) is 10.2 Å². The third-order valence-electron chi connectivity index (χ3n) is 7.18. The molecule has 2 fully saturated rings. The van der Waals surface area contributed by atoms with E-state index in [4.69, 9.17) is 11.6 Å². The molecule has 6 nitrogen and oxygen atoms in total. The lowest BCUT2D eigenvalue weighted by Gasteiger charge is -2.38. The van der Waals surface area contributed by atoms with E-state index < -0.39 is 6.17 Å².